The van der Waals surface area contributed by atoms with E-state index in [1.54, 1.807) is 0 Å². The predicted octanol–water partition coefficient (Wildman–Crippen LogP) is 0.718. The van der Waals surface area contributed by atoms with Gasteiger partial charge in [-0.3, -0.25) is 4.99 Å². The molecule has 3 heteroatoms. The van der Waals surface area contributed by atoms with Gasteiger partial charge in [-0.05, 0) is 20.8 Å². The van der Waals surface area contributed by atoms with Crippen LogP contribution in [0, 0.1) is 0 Å². The van der Waals surface area contributed by atoms with E-state index in [-0.39, 0.29) is 0 Å². The number of rotatable bonds is 1. The molecule has 1 heterocycles. The van der Waals surface area contributed by atoms with Crippen LogP contribution < -0.4 is 5.32 Å². The van der Waals surface area contributed by atoms with Gasteiger partial charge in [0.25, 0.3) is 0 Å². The first-order valence-electron chi connectivity index (χ1n) is 4.70. The molecule has 0 radical (unpaired) electrons. The minimum absolute atomic E-state index is 0.417. The molecule has 0 atom stereocenters. The van der Waals surface area contributed by atoms with Crippen molar-refractivity contribution in [1.82, 2.24) is 10.2 Å². The molecule has 12 heavy (non-hydrogen) atoms. The molecule has 0 aliphatic carbocycles. The van der Waals surface area contributed by atoms with Crippen molar-refractivity contribution in [3.63, 3.8) is 0 Å². The van der Waals surface area contributed by atoms with Crippen LogP contribution in [-0.4, -0.2) is 43.0 Å². The van der Waals surface area contributed by atoms with Crippen LogP contribution in [0.15, 0.2) is 4.99 Å². The highest BCUT2D eigenvalue weighted by molar-refractivity contribution is 5.79. The van der Waals surface area contributed by atoms with Crippen molar-refractivity contribution in [2.45, 2.75) is 26.8 Å². The van der Waals surface area contributed by atoms with E-state index >= 15 is 0 Å². The van der Waals surface area contributed by atoms with E-state index in [0.717, 1.165) is 26.2 Å². The van der Waals surface area contributed by atoms with Crippen molar-refractivity contribution in [3.8, 4) is 0 Å². The maximum atomic E-state index is 4.52. The molecule has 0 aromatic heterocycles. The van der Waals surface area contributed by atoms with Crippen molar-refractivity contribution in [2.75, 3.05) is 26.2 Å². The zero-order valence-electron chi connectivity index (χ0n) is 8.30. The summed E-state index contributed by atoms with van der Waals surface area (Å²) in [6.45, 7) is 10.7. The third kappa shape index (κ3) is 2.81. The lowest BCUT2D eigenvalue weighted by atomic mass is 10.3. The standard InChI is InChI=1S/C9H19N3/c1-8(2)11-9(3)12-6-4-10-5-7-12/h8,10H,4-7H2,1-3H3. The van der Waals surface area contributed by atoms with Gasteiger partial charge in [-0.1, -0.05) is 0 Å². The molecule has 1 N–H and O–H groups in total. The van der Waals surface area contributed by atoms with Crippen LogP contribution in [0.1, 0.15) is 20.8 Å². The smallest absolute Gasteiger partial charge is 0.0961 e. The number of piperazine rings is 1. The summed E-state index contributed by atoms with van der Waals surface area (Å²) in [5, 5.41) is 3.33. The van der Waals surface area contributed by atoms with E-state index in [4.69, 9.17) is 0 Å². The second kappa shape index (κ2) is 4.45. The Morgan fingerprint density at radius 3 is 2.42 bits per heavy atom. The maximum absolute atomic E-state index is 4.52. The lowest BCUT2D eigenvalue weighted by Gasteiger charge is -2.29. The second-order valence-electron chi connectivity index (χ2n) is 3.51. The van der Waals surface area contributed by atoms with Crippen molar-refractivity contribution in [1.29, 1.82) is 0 Å². The van der Waals surface area contributed by atoms with Crippen molar-refractivity contribution in [3.05, 3.63) is 0 Å². The molecule has 3 nitrogen and oxygen atoms in total. The highest BCUT2D eigenvalue weighted by atomic mass is 15.2. The van der Waals surface area contributed by atoms with Gasteiger partial charge in [-0.2, -0.15) is 0 Å². The van der Waals surface area contributed by atoms with Crippen LogP contribution in [0.25, 0.3) is 0 Å². The largest absolute Gasteiger partial charge is 0.358 e. The summed E-state index contributed by atoms with van der Waals surface area (Å²) < 4.78 is 0. The van der Waals surface area contributed by atoms with E-state index in [9.17, 15) is 0 Å². The summed E-state index contributed by atoms with van der Waals surface area (Å²) in [6, 6.07) is 0.417. The summed E-state index contributed by atoms with van der Waals surface area (Å²) in [7, 11) is 0. The minimum Gasteiger partial charge on any atom is -0.358 e. The van der Waals surface area contributed by atoms with Gasteiger partial charge in [-0.25, -0.2) is 0 Å². The second-order valence-corrected chi connectivity index (χ2v) is 3.51. The fraction of sp³-hybridized carbons (Fsp3) is 0.889. The SMILES string of the molecule is CC(=NC(C)C)N1CCNCC1. The summed E-state index contributed by atoms with van der Waals surface area (Å²) in [5.74, 6) is 1.19. The summed E-state index contributed by atoms with van der Waals surface area (Å²) in [4.78, 5) is 6.86. The first-order chi connectivity index (χ1) is 5.70. The quantitative estimate of drug-likeness (QED) is 0.462. The number of hydrogen-bond donors (Lipinski definition) is 1. The molecule has 1 rings (SSSR count). The zero-order chi connectivity index (χ0) is 8.97. The Kier molecular flexibility index (Phi) is 3.53. The van der Waals surface area contributed by atoms with Gasteiger partial charge in [0.05, 0.1) is 5.84 Å². The molecule has 0 spiro atoms. The highest BCUT2D eigenvalue weighted by Crippen LogP contribution is 1.97. The van der Waals surface area contributed by atoms with Crippen LogP contribution in [0.3, 0.4) is 0 Å². The molecule has 1 aliphatic rings. The van der Waals surface area contributed by atoms with Crippen LogP contribution in [0.2, 0.25) is 0 Å². The number of nitrogens with one attached hydrogen (secondary N) is 1. The van der Waals surface area contributed by atoms with Gasteiger partial charge in [0.1, 0.15) is 0 Å². The number of nitrogens with zero attached hydrogens (tertiary/aromatic N) is 2. The van der Waals surface area contributed by atoms with Gasteiger partial charge in [0.15, 0.2) is 0 Å². The molecule has 0 aromatic rings. The van der Waals surface area contributed by atoms with E-state index in [1.807, 2.05) is 0 Å². The third-order valence-corrected chi connectivity index (χ3v) is 2.02. The van der Waals surface area contributed by atoms with E-state index in [2.05, 4.69) is 36.0 Å². The molecule has 0 bridgehead atoms. The summed E-state index contributed by atoms with van der Waals surface area (Å²) in [5.41, 5.74) is 0. The number of hydrogen-bond acceptors (Lipinski definition) is 2. The first kappa shape index (κ1) is 9.52. The molecular formula is C9H19N3. The number of aliphatic imine (C=N–C) groups is 1. The van der Waals surface area contributed by atoms with Crippen molar-refractivity contribution < 1.29 is 0 Å². The average molecular weight is 169 g/mol. The van der Waals surface area contributed by atoms with E-state index in [1.165, 1.54) is 5.84 Å². The van der Waals surface area contributed by atoms with Crippen LogP contribution in [0.5, 0.6) is 0 Å². The normalized spacial score (nSPS) is 20.3. The number of amidine groups is 1. The molecule has 70 valence electrons. The molecule has 0 unspecified atom stereocenters. The fourth-order valence-corrected chi connectivity index (χ4v) is 1.44. The zero-order valence-corrected chi connectivity index (χ0v) is 8.30. The first-order valence-corrected chi connectivity index (χ1v) is 4.70. The van der Waals surface area contributed by atoms with Crippen molar-refractivity contribution >= 4 is 5.84 Å². The fourth-order valence-electron chi connectivity index (χ4n) is 1.44. The van der Waals surface area contributed by atoms with E-state index in [0.29, 0.717) is 6.04 Å². The van der Waals surface area contributed by atoms with Crippen molar-refractivity contribution in [2.24, 2.45) is 4.99 Å². The Morgan fingerprint density at radius 2 is 1.92 bits per heavy atom. The molecule has 1 aliphatic heterocycles. The Morgan fingerprint density at radius 1 is 1.33 bits per heavy atom. The van der Waals surface area contributed by atoms with Crippen LogP contribution in [-0.2, 0) is 0 Å². The Hall–Kier alpha value is -0.570. The van der Waals surface area contributed by atoms with Gasteiger partial charge >= 0.3 is 0 Å². The van der Waals surface area contributed by atoms with Gasteiger partial charge in [0, 0.05) is 32.2 Å². The molecular weight excluding hydrogens is 150 g/mol. The molecule has 0 aromatic carbocycles. The topological polar surface area (TPSA) is 27.6 Å². The van der Waals surface area contributed by atoms with E-state index < -0.39 is 0 Å². The lowest BCUT2D eigenvalue weighted by molar-refractivity contribution is 0.354. The summed E-state index contributed by atoms with van der Waals surface area (Å²) in [6.07, 6.45) is 0. The Labute approximate surface area is 74.9 Å². The average Bonchev–Trinajstić information content (AvgIpc) is 2.05. The molecule has 0 saturated carbocycles. The van der Waals surface area contributed by atoms with Gasteiger partial charge in [-0.15, -0.1) is 0 Å². The maximum Gasteiger partial charge on any atom is 0.0961 e. The lowest BCUT2D eigenvalue weighted by Crippen LogP contribution is -2.45. The van der Waals surface area contributed by atoms with Crippen LogP contribution >= 0.6 is 0 Å². The Balaban J connectivity index is 2.44. The summed E-state index contributed by atoms with van der Waals surface area (Å²) >= 11 is 0. The Bertz CT molecular complexity index is 157. The minimum atomic E-state index is 0.417. The monoisotopic (exact) mass is 169 g/mol. The van der Waals surface area contributed by atoms with Gasteiger partial charge in [0.2, 0.25) is 0 Å². The third-order valence-electron chi connectivity index (χ3n) is 2.02. The molecule has 1 fully saturated rings. The molecule has 0 amide bonds. The van der Waals surface area contributed by atoms with Crippen LogP contribution in [0.4, 0.5) is 0 Å². The predicted molar refractivity (Wildman–Crippen MR) is 52.7 cm³/mol. The van der Waals surface area contributed by atoms with Gasteiger partial charge < -0.3 is 10.2 Å². The molecule has 1 saturated heterocycles. The highest BCUT2D eigenvalue weighted by Gasteiger charge is 2.10.